The lowest BCUT2D eigenvalue weighted by atomic mass is 10.1. The molecular formula is C30H36ClN3O4S. The second kappa shape index (κ2) is 13.6. The van der Waals surface area contributed by atoms with Crippen molar-refractivity contribution in [1.29, 1.82) is 0 Å². The van der Waals surface area contributed by atoms with Crippen molar-refractivity contribution in [3.05, 3.63) is 94.5 Å². The minimum absolute atomic E-state index is 0.0489. The van der Waals surface area contributed by atoms with E-state index in [1.807, 2.05) is 38.1 Å². The summed E-state index contributed by atoms with van der Waals surface area (Å²) in [5.41, 5.74) is 2.80. The molecule has 3 aromatic rings. The molecule has 9 heteroatoms. The summed E-state index contributed by atoms with van der Waals surface area (Å²) < 4.78 is 28.8. The van der Waals surface area contributed by atoms with Gasteiger partial charge in [-0.2, -0.15) is 0 Å². The second-order valence-electron chi connectivity index (χ2n) is 9.59. The third-order valence-electron chi connectivity index (χ3n) is 6.48. The van der Waals surface area contributed by atoms with Gasteiger partial charge in [0, 0.05) is 18.1 Å². The number of aryl methyl sites for hydroxylation is 2. The molecule has 0 aromatic heterocycles. The number of hydrogen-bond acceptors (Lipinski definition) is 4. The Labute approximate surface area is 236 Å². The molecule has 1 N–H and O–H groups in total. The van der Waals surface area contributed by atoms with Crippen LogP contribution in [0.4, 0.5) is 5.69 Å². The van der Waals surface area contributed by atoms with Gasteiger partial charge in [-0.3, -0.25) is 13.9 Å². The van der Waals surface area contributed by atoms with Crippen molar-refractivity contribution in [2.75, 3.05) is 17.4 Å². The number of halogens is 1. The predicted molar refractivity (Wildman–Crippen MR) is 156 cm³/mol. The Morgan fingerprint density at radius 1 is 0.974 bits per heavy atom. The Morgan fingerprint density at radius 3 is 2.36 bits per heavy atom. The number of carbonyl (C=O) groups excluding carboxylic acids is 2. The maximum absolute atomic E-state index is 14.0. The van der Waals surface area contributed by atoms with Crippen LogP contribution in [0.5, 0.6) is 0 Å². The molecule has 0 fully saturated rings. The van der Waals surface area contributed by atoms with Gasteiger partial charge in [0.25, 0.3) is 10.0 Å². The first-order valence-corrected chi connectivity index (χ1v) is 14.8. The normalized spacial score (nSPS) is 12.0. The SMILES string of the molecule is CCCCNC(=O)C(C)N(Cc1cccc(C)c1)C(=O)CN(c1cc(Cl)ccc1C)S(=O)(=O)c1ccccc1. The lowest BCUT2D eigenvalue weighted by Crippen LogP contribution is -2.51. The van der Waals surface area contributed by atoms with Crippen molar-refractivity contribution in [1.82, 2.24) is 10.2 Å². The molecule has 0 heterocycles. The number of anilines is 1. The van der Waals surface area contributed by atoms with Gasteiger partial charge in [-0.25, -0.2) is 8.42 Å². The summed E-state index contributed by atoms with van der Waals surface area (Å²) in [6.07, 6.45) is 1.74. The van der Waals surface area contributed by atoms with E-state index in [1.54, 1.807) is 44.2 Å². The number of hydrogen-bond donors (Lipinski definition) is 1. The number of carbonyl (C=O) groups is 2. The molecule has 0 saturated heterocycles. The summed E-state index contributed by atoms with van der Waals surface area (Å²) in [7, 11) is -4.14. The molecular weight excluding hydrogens is 534 g/mol. The maximum Gasteiger partial charge on any atom is 0.264 e. The average molecular weight is 570 g/mol. The molecule has 39 heavy (non-hydrogen) atoms. The number of nitrogens with one attached hydrogen (secondary N) is 1. The van der Waals surface area contributed by atoms with E-state index in [-0.39, 0.29) is 17.3 Å². The van der Waals surface area contributed by atoms with Gasteiger partial charge in [-0.05, 0) is 62.6 Å². The topological polar surface area (TPSA) is 86.8 Å². The van der Waals surface area contributed by atoms with E-state index in [4.69, 9.17) is 11.6 Å². The lowest BCUT2D eigenvalue weighted by molar-refractivity contribution is -0.139. The summed E-state index contributed by atoms with van der Waals surface area (Å²) in [6.45, 7) is 7.55. The van der Waals surface area contributed by atoms with Crippen molar-refractivity contribution in [2.45, 2.75) is 58.0 Å². The number of rotatable bonds is 12. The minimum atomic E-state index is -4.14. The quantitative estimate of drug-likeness (QED) is 0.292. The molecule has 0 aliphatic carbocycles. The van der Waals surface area contributed by atoms with Crippen LogP contribution >= 0.6 is 11.6 Å². The number of benzene rings is 3. The van der Waals surface area contributed by atoms with Crippen molar-refractivity contribution >= 4 is 39.1 Å². The highest BCUT2D eigenvalue weighted by atomic mass is 35.5. The first-order valence-electron chi connectivity index (χ1n) is 13.0. The molecule has 2 amide bonds. The Bertz CT molecular complexity index is 1400. The molecule has 208 valence electrons. The van der Waals surface area contributed by atoms with E-state index < -0.39 is 28.5 Å². The Balaban J connectivity index is 2.03. The monoisotopic (exact) mass is 569 g/mol. The Hall–Kier alpha value is -3.36. The zero-order valence-corrected chi connectivity index (χ0v) is 24.4. The van der Waals surface area contributed by atoms with E-state index in [0.717, 1.165) is 28.3 Å². The van der Waals surface area contributed by atoms with Crippen molar-refractivity contribution in [3.8, 4) is 0 Å². The summed E-state index contributed by atoms with van der Waals surface area (Å²) in [5, 5.41) is 3.24. The van der Waals surface area contributed by atoms with E-state index in [2.05, 4.69) is 5.32 Å². The van der Waals surface area contributed by atoms with Gasteiger partial charge < -0.3 is 10.2 Å². The van der Waals surface area contributed by atoms with Gasteiger partial charge in [0.05, 0.1) is 10.6 Å². The van der Waals surface area contributed by atoms with Gasteiger partial charge in [-0.1, -0.05) is 79.0 Å². The molecule has 1 atom stereocenters. The van der Waals surface area contributed by atoms with E-state index >= 15 is 0 Å². The maximum atomic E-state index is 14.0. The molecule has 1 unspecified atom stereocenters. The third-order valence-corrected chi connectivity index (χ3v) is 8.49. The molecule has 0 aliphatic heterocycles. The molecule has 3 aromatic carbocycles. The van der Waals surface area contributed by atoms with E-state index in [9.17, 15) is 18.0 Å². The highest BCUT2D eigenvalue weighted by molar-refractivity contribution is 7.92. The lowest BCUT2D eigenvalue weighted by Gasteiger charge is -2.32. The third kappa shape index (κ3) is 7.83. The van der Waals surface area contributed by atoms with Crippen LogP contribution < -0.4 is 9.62 Å². The molecule has 3 rings (SSSR count). The van der Waals surface area contributed by atoms with E-state index in [1.165, 1.54) is 23.1 Å². The van der Waals surface area contributed by atoms with Crippen molar-refractivity contribution in [3.63, 3.8) is 0 Å². The van der Waals surface area contributed by atoms with Crippen LogP contribution in [-0.4, -0.2) is 44.3 Å². The standard InChI is InChI=1S/C30H36ClN3O4S/c1-5-6-17-32-30(36)24(4)33(20-25-12-10-11-22(2)18-25)29(35)21-34(28-19-26(31)16-15-23(28)3)39(37,38)27-13-8-7-9-14-27/h7-16,18-19,24H,5-6,17,20-21H2,1-4H3,(H,32,36). The van der Waals surface area contributed by atoms with Crippen LogP contribution in [-0.2, 0) is 26.2 Å². The summed E-state index contributed by atoms with van der Waals surface area (Å²) in [5.74, 6) is -0.797. The Morgan fingerprint density at radius 2 is 1.69 bits per heavy atom. The van der Waals surface area contributed by atoms with Crippen molar-refractivity contribution < 1.29 is 18.0 Å². The van der Waals surface area contributed by atoms with Crippen molar-refractivity contribution in [2.24, 2.45) is 0 Å². The van der Waals surface area contributed by atoms with Gasteiger partial charge in [-0.15, -0.1) is 0 Å². The van der Waals surface area contributed by atoms with Crippen LogP contribution in [0.3, 0.4) is 0 Å². The van der Waals surface area contributed by atoms with Crippen LogP contribution in [0.2, 0.25) is 5.02 Å². The molecule has 0 bridgehead atoms. The zero-order chi connectivity index (χ0) is 28.6. The summed E-state index contributed by atoms with van der Waals surface area (Å²) >= 11 is 6.26. The predicted octanol–water partition coefficient (Wildman–Crippen LogP) is 5.49. The van der Waals surface area contributed by atoms with Crippen LogP contribution in [0.1, 0.15) is 43.4 Å². The molecule has 0 aliphatic rings. The zero-order valence-electron chi connectivity index (χ0n) is 22.9. The van der Waals surface area contributed by atoms with Gasteiger partial charge in [0.15, 0.2) is 0 Å². The average Bonchev–Trinajstić information content (AvgIpc) is 2.92. The molecule has 0 saturated carbocycles. The van der Waals surface area contributed by atoms with Gasteiger partial charge in [0.2, 0.25) is 11.8 Å². The molecule has 7 nitrogen and oxygen atoms in total. The number of amides is 2. The second-order valence-corrected chi connectivity index (χ2v) is 11.9. The first kappa shape index (κ1) is 30.2. The van der Waals surface area contributed by atoms with Gasteiger partial charge >= 0.3 is 0 Å². The van der Waals surface area contributed by atoms with Crippen LogP contribution in [0.15, 0.2) is 77.7 Å². The molecule has 0 radical (unpaired) electrons. The Kier molecular flexibility index (Phi) is 10.5. The van der Waals surface area contributed by atoms with Gasteiger partial charge in [0.1, 0.15) is 12.6 Å². The fourth-order valence-corrected chi connectivity index (χ4v) is 5.87. The molecule has 0 spiro atoms. The fraction of sp³-hybridized carbons (Fsp3) is 0.333. The summed E-state index contributed by atoms with van der Waals surface area (Å²) in [4.78, 5) is 28.5. The highest BCUT2D eigenvalue weighted by Crippen LogP contribution is 2.30. The number of unbranched alkanes of at least 4 members (excludes halogenated alkanes) is 1. The highest BCUT2D eigenvalue weighted by Gasteiger charge is 2.33. The largest absolute Gasteiger partial charge is 0.354 e. The van der Waals surface area contributed by atoms with E-state index in [0.29, 0.717) is 22.8 Å². The first-order chi connectivity index (χ1) is 18.5. The van der Waals surface area contributed by atoms with Crippen LogP contribution in [0, 0.1) is 13.8 Å². The smallest absolute Gasteiger partial charge is 0.264 e. The number of sulfonamides is 1. The fourth-order valence-electron chi connectivity index (χ4n) is 4.21. The van der Waals surface area contributed by atoms with Crippen LogP contribution in [0.25, 0.3) is 0 Å². The summed E-state index contributed by atoms with van der Waals surface area (Å²) in [6, 6.07) is 19.7. The minimum Gasteiger partial charge on any atom is -0.354 e. The number of nitrogens with zero attached hydrogens (tertiary/aromatic N) is 2.